The summed E-state index contributed by atoms with van der Waals surface area (Å²) < 4.78 is 27.7. The molecule has 1 aliphatic heterocycles. The van der Waals surface area contributed by atoms with Gasteiger partial charge in [0.1, 0.15) is 0 Å². The van der Waals surface area contributed by atoms with Gasteiger partial charge in [-0.05, 0) is 11.1 Å². The molecular formula is C18H19F2N. The number of halogens is 2. The van der Waals surface area contributed by atoms with E-state index in [0.29, 0.717) is 6.54 Å². The summed E-state index contributed by atoms with van der Waals surface area (Å²) in [5.41, 5.74) is 2.15. The zero-order valence-corrected chi connectivity index (χ0v) is 11.9. The predicted octanol–water partition coefficient (Wildman–Crippen LogP) is 4.66. The summed E-state index contributed by atoms with van der Waals surface area (Å²) in [6.45, 7) is 1.15. The van der Waals surface area contributed by atoms with Crippen molar-refractivity contribution in [2.45, 2.75) is 31.4 Å². The molecule has 1 atom stereocenters. The van der Waals surface area contributed by atoms with Crippen LogP contribution in [0.5, 0.6) is 0 Å². The van der Waals surface area contributed by atoms with E-state index < -0.39 is 5.92 Å². The van der Waals surface area contributed by atoms with Gasteiger partial charge in [-0.15, -0.1) is 0 Å². The molecule has 1 fully saturated rings. The van der Waals surface area contributed by atoms with E-state index in [4.69, 9.17) is 0 Å². The van der Waals surface area contributed by atoms with Crippen molar-refractivity contribution in [2.24, 2.45) is 0 Å². The molecule has 0 amide bonds. The van der Waals surface area contributed by atoms with E-state index in [9.17, 15) is 8.78 Å². The molecule has 1 heterocycles. The summed E-state index contributed by atoms with van der Waals surface area (Å²) in [5, 5.41) is 0. The maximum atomic E-state index is 13.8. The molecule has 0 bridgehead atoms. The van der Waals surface area contributed by atoms with E-state index in [-0.39, 0.29) is 18.9 Å². The van der Waals surface area contributed by atoms with Gasteiger partial charge in [-0.25, -0.2) is 8.78 Å². The Morgan fingerprint density at radius 2 is 1.57 bits per heavy atom. The summed E-state index contributed by atoms with van der Waals surface area (Å²) >= 11 is 0. The quantitative estimate of drug-likeness (QED) is 0.793. The van der Waals surface area contributed by atoms with Crippen molar-refractivity contribution in [3.63, 3.8) is 0 Å². The van der Waals surface area contributed by atoms with E-state index in [0.717, 1.165) is 12.1 Å². The molecule has 0 saturated carbocycles. The Labute approximate surface area is 124 Å². The van der Waals surface area contributed by atoms with Crippen molar-refractivity contribution < 1.29 is 8.78 Å². The molecule has 0 N–H and O–H groups in total. The first kappa shape index (κ1) is 14.2. The van der Waals surface area contributed by atoms with Gasteiger partial charge in [-0.2, -0.15) is 0 Å². The fraction of sp³-hybridized carbons (Fsp3) is 0.333. The Bertz CT molecular complexity index is 568. The van der Waals surface area contributed by atoms with Crippen molar-refractivity contribution in [1.29, 1.82) is 0 Å². The van der Waals surface area contributed by atoms with Crippen molar-refractivity contribution in [2.75, 3.05) is 6.54 Å². The van der Waals surface area contributed by atoms with Crippen LogP contribution < -0.4 is 0 Å². The maximum absolute atomic E-state index is 13.8. The Balaban J connectivity index is 1.83. The third-order valence-corrected chi connectivity index (χ3v) is 4.11. The number of hydrogen-bond acceptors (Lipinski definition) is 1. The van der Waals surface area contributed by atoms with Gasteiger partial charge in [0, 0.05) is 32.0 Å². The first-order valence-corrected chi connectivity index (χ1v) is 7.35. The summed E-state index contributed by atoms with van der Waals surface area (Å²) in [4.78, 5) is 2.17. The maximum Gasteiger partial charge on any atom is 0.251 e. The van der Waals surface area contributed by atoms with E-state index >= 15 is 0 Å². The van der Waals surface area contributed by atoms with Gasteiger partial charge in [0.05, 0.1) is 0 Å². The first-order chi connectivity index (χ1) is 10.1. The molecular weight excluding hydrogens is 268 g/mol. The minimum atomic E-state index is -2.56. The van der Waals surface area contributed by atoms with Gasteiger partial charge in [-0.1, -0.05) is 60.7 Å². The Morgan fingerprint density at radius 3 is 2.24 bits per heavy atom. The summed E-state index contributed by atoms with van der Waals surface area (Å²) in [6.07, 6.45) is -0.146. The molecule has 1 saturated heterocycles. The normalized spacial score (nSPS) is 22.1. The van der Waals surface area contributed by atoms with Crippen LogP contribution in [0.25, 0.3) is 0 Å². The van der Waals surface area contributed by atoms with Crippen LogP contribution in [-0.4, -0.2) is 17.4 Å². The lowest BCUT2D eigenvalue weighted by Gasteiger charge is -2.39. The molecule has 1 nitrogen and oxygen atoms in total. The Hall–Kier alpha value is -1.74. The van der Waals surface area contributed by atoms with Gasteiger partial charge in [-0.3, -0.25) is 4.90 Å². The number of alkyl halides is 2. The molecule has 3 rings (SSSR count). The molecule has 0 aromatic heterocycles. The third kappa shape index (κ3) is 3.48. The van der Waals surface area contributed by atoms with Crippen molar-refractivity contribution in [3.8, 4) is 0 Å². The average molecular weight is 287 g/mol. The monoisotopic (exact) mass is 287 g/mol. The Kier molecular flexibility index (Phi) is 4.02. The predicted molar refractivity (Wildman–Crippen MR) is 80.2 cm³/mol. The average Bonchev–Trinajstić information content (AvgIpc) is 2.51. The highest BCUT2D eigenvalue weighted by molar-refractivity contribution is 5.21. The second-order valence-electron chi connectivity index (χ2n) is 5.69. The number of likely N-dealkylation sites (tertiary alicyclic amines) is 1. The summed E-state index contributed by atoms with van der Waals surface area (Å²) in [7, 11) is 0. The van der Waals surface area contributed by atoms with Crippen LogP contribution in [0.4, 0.5) is 8.78 Å². The number of hydrogen-bond donors (Lipinski definition) is 0. The lowest BCUT2D eigenvalue weighted by Crippen LogP contribution is -2.41. The van der Waals surface area contributed by atoms with Gasteiger partial charge in [0.15, 0.2) is 0 Å². The summed E-state index contributed by atoms with van der Waals surface area (Å²) in [5.74, 6) is -2.56. The zero-order valence-electron chi connectivity index (χ0n) is 11.9. The fourth-order valence-corrected chi connectivity index (χ4v) is 2.99. The molecule has 21 heavy (non-hydrogen) atoms. The van der Waals surface area contributed by atoms with Crippen LogP contribution in [-0.2, 0) is 6.54 Å². The summed E-state index contributed by atoms with van der Waals surface area (Å²) in [6, 6.07) is 19.5. The largest absolute Gasteiger partial charge is 0.292 e. The van der Waals surface area contributed by atoms with Crippen LogP contribution in [0.15, 0.2) is 60.7 Å². The lowest BCUT2D eigenvalue weighted by atomic mass is 9.92. The molecule has 0 radical (unpaired) electrons. The second kappa shape index (κ2) is 5.94. The van der Waals surface area contributed by atoms with Crippen LogP contribution in [0, 0.1) is 0 Å². The number of rotatable bonds is 3. The molecule has 1 aliphatic rings. The minimum absolute atomic E-state index is 0.0524. The van der Waals surface area contributed by atoms with Gasteiger partial charge in [0.2, 0.25) is 0 Å². The van der Waals surface area contributed by atoms with Crippen molar-refractivity contribution >= 4 is 0 Å². The van der Waals surface area contributed by atoms with Crippen molar-refractivity contribution in [3.05, 3.63) is 71.8 Å². The fourth-order valence-electron chi connectivity index (χ4n) is 2.99. The molecule has 2 aromatic rings. The highest BCUT2D eigenvalue weighted by Gasteiger charge is 2.40. The number of nitrogens with zero attached hydrogens (tertiary/aromatic N) is 1. The SMILES string of the molecule is FC1(F)CCN(Cc2ccccc2)[C@H](c2ccccc2)C1. The lowest BCUT2D eigenvalue weighted by molar-refractivity contribution is -0.0815. The van der Waals surface area contributed by atoms with Gasteiger partial charge >= 0.3 is 0 Å². The molecule has 0 aliphatic carbocycles. The molecule has 2 aromatic carbocycles. The molecule has 0 unspecified atom stereocenters. The third-order valence-electron chi connectivity index (χ3n) is 4.11. The second-order valence-corrected chi connectivity index (χ2v) is 5.69. The Morgan fingerprint density at radius 1 is 0.952 bits per heavy atom. The zero-order chi connectivity index (χ0) is 14.7. The van der Waals surface area contributed by atoms with Crippen LogP contribution in [0.2, 0.25) is 0 Å². The van der Waals surface area contributed by atoms with Gasteiger partial charge < -0.3 is 0 Å². The van der Waals surface area contributed by atoms with E-state index in [1.54, 1.807) is 0 Å². The van der Waals surface area contributed by atoms with Crippen LogP contribution in [0.1, 0.15) is 30.0 Å². The van der Waals surface area contributed by atoms with Crippen LogP contribution >= 0.6 is 0 Å². The molecule has 3 heteroatoms. The topological polar surface area (TPSA) is 3.24 Å². The standard InChI is InChI=1S/C18H19F2N/c19-18(20)11-12-21(14-15-7-3-1-4-8-15)17(13-18)16-9-5-2-6-10-16/h1-10,17H,11-14H2/t17-/m0/s1. The van der Waals surface area contributed by atoms with Gasteiger partial charge in [0.25, 0.3) is 5.92 Å². The minimum Gasteiger partial charge on any atom is -0.292 e. The smallest absolute Gasteiger partial charge is 0.251 e. The highest BCUT2D eigenvalue weighted by Crippen LogP contribution is 2.40. The van der Waals surface area contributed by atoms with Crippen molar-refractivity contribution in [1.82, 2.24) is 4.90 Å². The molecule has 110 valence electrons. The van der Waals surface area contributed by atoms with E-state index in [2.05, 4.69) is 17.0 Å². The number of piperidine rings is 1. The van der Waals surface area contributed by atoms with E-state index in [1.807, 2.05) is 48.5 Å². The molecule has 0 spiro atoms. The number of benzene rings is 2. The first-order valence-electron chi connectivity index (χ1n) is 7.35. The van der Waals surface area contributed by atoms with Crippen LogP contribution in [0.3, 0.4) is 0 Å². The van der Waals surface area contributed by atoms with E-state index in [1.165, 1.54) is 5.56 Å². The highest BCUT2D eigenvalue weighted by atomic mass is 19.3.